The Kier molecular flexibility index (Phi) is 5.97. The average Bonchev–Trinajstić information content (AvgIpc) is 3.52. The second-order valence-corrected chi connectivity index (χ2v) is 14.0. The number of fused-ring (bicyclic) bond motifs is 5. The first-order valence-corrected chi connectivity index (χ1v) is 17.8. The molecule has 51 heavy (non-hydrogen) atoms. The highest BCUT2D eigenvalue weighted by molar-refractivity contribution is 6.23. The topological polar surface area (TPSA) is 0 Å². The van der Waals surface area contributed by atoms with Crippen LogP contribution in [0.2, 0.25) is 0 Å². The van der Waals surface area contributed by atoms with Crippen molar-refractivity contribution in [3.8, 4) is 33.4 Å². The standard InChI is InChI=1S/C51H32/c1-4-13-33(14-5-1)45-31-37-15-10-11-22-43(37)50-49(45)44-28-27-36(32-46(44)51(50,41-18-6-2-7-19-41)42-20-8-3-9-21-42)40-29-38-25-23-34-16-12-17-35-24-26-39(30-40)48(38)47(34)35/h1-32H. The van der Waals surface area contributed by atoms with Crippen molar-refractivity contribution < 1.29 is 0 Å². The van der Waals surface area contributed by atoms with E-state index in [-0.39, 0.29) is 0 Å². The fourth-order valence-corrected chi connectivity index (χ4v) is 9.31. The molecule has 236 valence electrons. The normalized spacial score (nSPS) is 13.3. The Labute approximate surface area is 297 Å². The van der Waals surface area contributed by atoms with Crippen LogP contribution < -0.4 is 0 Å². The molecule has 0 saturated heterocycles. The van der Waals surface area contributed by atoms with Gasteiger partial charge in [0.1, 0.15) is 0 Å². The minimum absolute atomic E-state index is 0.538. The Morgan fingerprint density at radius 3 is 1.53 bits per heavy atom. The van der Waals surface area contributed by atoms with Gasteiger partial charge in [0, 0.05) is 0 Å². The smallest absolute Gasteiger partial charge is 0.0622 e. The second kappa shape index (κ2) is 10.7. The van der Waals surface area contributed by atoms with Crippen LogP contribution in [0.25, 0.3) is 76.5 Å². The molecule has 0 spiro atoms. The van der Waals surface area contributed by atoms with Crippen molar-refractivity contribution in [3.63, 3.8) is 0 Å². The molecule has 1 aliphatic carbocycles. The lowest BCUT2D eigenvalue weighted by Gasteiger charge is -2.35. The summed E-state index contributed by atoms with van der Waals surface area (Å²) in [5.74, 6) is 0. The summed E-state index contributed by atoms with van der Waals surface area (Å²) in [5.41, 5.74) is 12.3. The van der Waals surface area contributed by atoms with Crippen LogP contribution in [-0.4, -0.2) is 0 Å². The lowest BCUT2D eigenvalue weighted by Crippen LogP contribution is -2.29. The van der Waals surface area contributed by atoms with Gasteiger partial charge >= 0.3 is 0 Å². The third-order valence-corrected chi connectivity index (χ3v) is 11.4. The van der Waals surface area contributed by atoms with Gasteiger partial charge in [-0.15, -0.1) is 0 Å². The summed E-state index contributed by atoms with van der Waals surface area (Å²) in [6.45, 7) is 0. The molecule has 0 nitrogen and oxygen atoms in total. The molecule has 0 N–H and O–H groups in total. The molecule has 0 radical (unpaired) electrons. The van der Waals surface area contributed by atoms with E-state index in [1.54, 1.807) is 0 Å². The molecule has 0 heteroatoms. The van der Waals surface area contributed by atoms with Crippen molar-refractivity contribution >= 4 is 43.1 Å². The molecule has 0 unspecified atom stereocenters. The van der Waals surface area contributed by atoms with Crippen LogP contribution in [0.5, 0.6) is 0 Å². The first kappa shape index (κ1) is 28.3. The second-order valence-electron chi connectivity index (χ2n) is 14.0. The number of benzene rings is 10. The first-order chi connectivity index (χ1) is 25.3. The third-order valence-electron chi connectivity index (χ3n) is 11.4. The predicted molar refractivity (Wildman–Crippen MR) is 216 cm³/mol. The van der Waals surface area contributed by atoms with Gasteiger partial charge in [-0.25, -0.2) is 0 Å². The third kappa shape index (κ3) is 3.96. The maximum Gasteiger partial charge on any atom is 0.0720 e. The van der Waals surface area contributed by atoms with Crippen molar-refractivity contribution in [3.05, 3.63) is 216 Å². The average molecular weight is 645 g/mol. The largest absolute Gasteiger partial charge is 0.0720 e. The molecule has 1 aliphatic rings. The molecule has 0 aliphatic heterocycles. The van der Waals surface area contributed by atoms with E-state index >= 15 is 0 Å². The zero-order chi connectivity index (χ0) is 33.5. The zero-order valence-corrected chi connectivity index (χ0v) is 28.0. The van der Waals surface area contributed by atoms with E-state index in [1.807, 2.05) is 0 Å². The minimum Gasteiger partial charge on any atom is -0.0622 e. The molecule has 0 bridgehead atoms. The summed E-state index contributed by atoms with van der Waals surface area (Å²) in [7, 11) is 0. The molecule has 10 aromatic carbocycles. The SMILES string of the molecule is c1ccc(-c2cc3ccccc3c3c2-c2ccc(-c4cc5ccc6cccc7ccc(c4)c5c67)cc2C3(c2ccccc2)c2ccccc2)cc1. The summed E-state index contributed by atoms with van der Waals surface area (Å²) >= 11 is 0. The highest BCUT2D eigenvalue weighted by atomic mass is 14.5. The lowest BCUT2D eigenvalue weighted by atomic mass is 9.66. The van der Waals surface area contributed by atoms with Crippen LogP contribution in [0.15, 0.2) is 194 Å². The molecular weight excluding hydrogens is 613 g/mol. The van der Waals surface area contributed by atoms with Gasteiger partial charge in [-0.3, -0.25) is 0 Å². The van der Waals surface area contributed by atoms with Gasteiger partial charge in [-0.2, -0.15) is 0 Å². The van der Waals surface area contributed by atoms with E-state index in [9.17, 15) is 0 Å². The van der Waals surface area contributed by atoms with Gasteiger partial charge in [-0.1, -0.05) is 170 Å². The van der Waals surface area contributed by atoms with Crippen LogP contribution in [0, 0.1) is 0 Å². The van der Waals surface area contributed by atoms with Gasteiger partial charge < -0.3 is 0 Å². The Bertz CT molecular complexity index is 2830. The molecule has 11 rings (SSSR count). The van der Waals surface area contributed by atoms with Gasteiger partial charge in [0.25, 0.3) is 0 Å². The van der Waals surface area contributed by atoms with Crippen LogP contribution in [-0.2, 0) is 5.41 Å². The van der Waals surface area contributed by atoms with E-state index < -0.39 is 5.41 Å². The minimum atomic E-state index is -0.538. The van der Waals surface area contributed by atoms with Crippen molar-refractivity contribution in [1.82, 2.24) is 0 Å². The molecule has 10 aromatic rings. The van der Waals surface area contributed by atoms with Crippen molar-refractivity contribution in [2.75, 3.05) is 0 Å². The molecule has 0 saturated carbocycles. The Morgan fingerprint density at radius 1 is 0.314 bits per heavy atom. The Balaban J connectivity index is 1.27. The zero-order valence-electron chi connectivity index (χ0n) is 28.0. The van der Waals surface area contributed by atoms with E-state index in [1.165, 1.54) is 98.7 Å². The monoisotopic (exact) mass is 644 g/mol. The molecule has 0 fully saturated rings. The first-order valence-electron chi connectivity index (χ1n) is 17.8. The van der Waals surface area contributed by atoms with Crippen LogP contribution in [0.1, 0.15) is 22.3 Å². The van der Waals surface area contributed by atoms with E-state index in [4.69, 9.17) is 0 Å². The molecule has 0 heterocycles. The van der Waals surface area contributed by atoms with Crippen molar-refractivity contribution in [1.29, 1.82) is 0 Å². The summed E-state index contributed by atoms with van der Waals surface area (Å²) < 4.78 is 0. The number of hydrogen-bond acceptors (Lipinski definition) is 0. The van der Waals surface area contributed by atoms with E-state index in [2.05, 4.69) is 194 Å². The maximum absolute atomic E-state index is 2.51. The number of hydrogen-bond donors (Lipinski definition) is 0. The molecular formula is C51H32. The summed E-state index contributed by atoms with van der Waals surface area (Å²) in [6, 6.07) is 72.5. The van der Waals surface area contributed by atoms with E-state index in [0.717, 1.165) is 0 Å². The summed E-state index contributed by atoms with van der Waals surface area (Å²) in [6.07, 6.45) is 0. The molecule has 0 aromatic heterocycles. The van der Waals surface area contributed by atoms with E-state index in [0.29, 0.717) is 0 Å². The van der Waals surface area contributed by atoms with Crippen molar-refractivity contribution in [2.24, 2.45) is 0 Å². The fraction of sp³-hybridized carbons (Fsp3) is 0.0196. The highest BCUT2D eigenvalue weighted by Crippen LogP contribution is 2.61. The molecule has 0 amide bonds. The quantitative estimate of drug-likeness (QED) is 0.167. The summed E-state index contributed by atoms with van der Waals surface area (Å²) in [4.78, 5) is 0. The molecule has 0 atom stereocenters. The summed E-state index contributed by atoms with van der Waals surface area (Å²) in [5, 5.41) is 10.4. The van der Waals surface area contributed by atoms with Crippen molar-refractivity contribution in [2.45, 2.75) is 5.41 Å². The van der Waals surface area contributed by atoms with Gasteiger partial charge in [-0.05, 0) is 123 Å². The fourth-order valence-electron chi connectivity index (χ4n) is 9.31. The van der Waals surface area contributed by atoms with Gasteiger partial charge in [0.05, 0.1) is 5.41 Å². The predicted octanol–water partition coefficient (Wildman–Crippen LogP) is 13.4. The van der Waals surface area contributed by atoms with Crippen LogP contribution in [0.3, 0.4) is 0 Å². The lowest BCUT2D eigenvalue weighted by molar-refractivity contribution is 0.776. The van der Waals surface area contributed by atoms with Gasteiger partial charge in [0.2, 0.25) is 0 Å². The number of rotatable bonds is 4. The van der Waals surface area contributed by atoms with Crippen LogP contribution in [0.4, 0.5) is 0 Å². The maximum atomic E-state index is 2.51. The van der Waals surface area contributed by atoms with Crippen LogP contribution >= 0.6 is 0 Å². The Hall–Kier alpha value is -6.50. The Morgan fingerprint density at radius 2 is 0.863 bits per heavy atom. The van der Waals surface area contributed by atoms with Gasteiger partial charge in [0.15, 0.2) is 0 Å². The highest BCUT2D eigenvalue weighted by Gasteiger charge is 2.48.